The van der Waals surface area contributed by atoms with E-state index in [0.29, 0.717) is 0 Å². The van der Waals surface area contributed by atoms with Crippen LogP contribution in [0, 0.1) is 0 Å². The molecule has 0 N–H and O–H groups in total. The number of furan rings is 1. The Kier molecular flexibility index (Phi) is 5.47. The number of aromatic nitrogens is 3. The summed E-state index contributed by atoms with van der Waals surface area (Å²) in [7, 11) is 0. The summed E-state index contributed by atoms with van der Waals surface area (Å²) in [4.78, 5) is 10.9. The maximum absolute atomic E-state index is 6.65. The summed E-state index contributed by atoms with van der Waals surface area (Å²) in [6.07, 6.45) is 0. The molecule has 52 heavy (non-hydrogen) atoms. The van der Waals surface area contributed by atoms with Crippen molar-refractivity contribution >= 4 is 65.6 Å². The van der Waals surface area contributed by atoms with E-state index in [1.165, 1.54) is 32.8 Å². The van der Waals surface area contributed by atoms with E-state index in [-0.39, 0.29) is 0 Å². The molecule has 0 radical (unpaired) electrons. The van der Waals surface area contributed by atoms with Crippen molar-refractivity contribution in [3.05, 3.63) is 164 Å². The maximum atomic E-state index is 6.65. The summed E-state index contributed by atoms with van der Waals surface area (Å²) in [5.41, 5.74) is 15.5. The fraction of sp³-hybridized carbons (Fsp3) is 0. The molecule has 0 saturated heterocycles. The van der Waals surface area contributed by atoms with E-state index in [0.717, 1.165) is 83.2 Å². The predicted octanol–water partition coefficient (Wildman–Crippen LogP) is 12.8. The van der Waals surface area contributed by atoms with E-state index in [9.17, 15) is 0 Å². The summed E-state index contributed by atoms with van der Waals surface area (Å²) in [5.74, 6) is 0. The van der Waals surface area contributed by atoms with E-state index >= 15 is 0 Å². The number of hydrogen-bond donors (Lipinski definition) is 0. The lowest BCUT2D eigenvalue weighted by Gasteiger charge is -2.14. The van der Waals surface area contributed by atoms with E-state index < -0.39 is 0 Å². The molecule has 1 aliphatic rings. The molecule has 240 valence electrons. The van der Waals surface area contributed by atoms with Gasteiger partial charge in [-0.25, -0.2) is 9.97 Å². The maximum Gasteiger partial charge on any atom is 0.143 e. The Morgan fingerprint density at radius 1 is 0.442 bits per heavy atom. The number of benzene rings is 8. The Labute approximate surface area is 297 Å². The molecule has 0 atom stereocenters. The molecule has 3 aromatic heterocycles. The second-order valence-electron chi connectivity index (χ2n) is 13.7. The van der Waals surface area contributed by atoms with Crippen molar-refractivity contribution in [2.24, 2.45) is 0 Å². The molecule has 11 aromatic rings. The number of nitrogens with zero attached hydrogens (tertiary/aromatic N) is 3. The molecule has 0 spiro atoms. The van der Waals surface area contributed by atoms with Crippen LogP contribution in [-0.4, -0.2) is 14.5 Å². The Morgan fingerprint density at radius 3 is 2.04 bits per heavy atom. The van der Waals surface area contributed by atoms with Crippen LogP contribution >= 0.6 is 0 Å². The summed E-state index contributed by atoms with van der Waals surface area (Å²) in [6.45, 7) is 0. The summed E-state index contributed by atoms with van der Waals surface area (Å²) < 4.78 is 9.01. The first-order chi connectivity index (χ1) is 25.8. The highest BCUT2D eigenvalue weighted by Crippen LogP contribution is 2.53. The van der Waals surface area contributed by atoms with Crippen molar-refractivity contribution in [3.63, 3.8) is 0 Å². The standard InChI is InChI=1S/C48H27N3O/c1-2-13-30(14-3-1)51-40-21-8-4-16-35(40)44-36(18-11-22-41(44)51)47-46(49-38-19-6-7-20-39(38)50-47)29-26-28-12-10-17-32-33-24-25-34-31-15-5-9-23-42(31)52-48(34)45(33)37(27-29)43(28)32/h1-27H. The van der Waals surface area contributed by atoms with Gasteiger partial charge >= 0.3 is 0 Å². The molecule has 1 aliphatic carbocycles. The fourth-order valence-corrected chi connectivity index (χ4v) is 8.73. The minimum atomic E-state index is 0.858. The van der Waals surface area contributed by atoms with Crippen molar-refractivity contribution in [1.82, 2.24) is 14.5 Å². The van der Waals surface area contributed by atoms with Gasteiger partial charge in [-0.3, -0.25) is 0 Å². The molecule has 4 nitrogen and oxygen atoms in total. The first-order valence-corrected chi connectivity index (χ1v) is 17.7. The lowest BCUT2D eigenvalue weighted by atomic mass is 9.94. The SMILES string of the molecule is c1ccc(-n2c3ccccc3c3c(-c4nc5ccccc5nc4-c4cc5c6c(cccc6c4)-c4ccc6c(oc7ccccc76)c4-5)cccc32)cc1. The highest BCUT2D eigenvalue weighted by atomic mass is 16.3. The Balaban J connectivity index is 1.18. The van der Waals surface area contributed by atoms with E-state index in [1.54, 1.807) is 0 Å². The molecule has 3 heterocycles. The Morgan fingerprint density at radius 2 is 1.15 bits per heavy atom. The van der Waals surface area contributed by atoms with Crippen molar-refractivity contribution in [2.75, 3.05) is 0 Å². The van der Waals surface area contributed by atoms with Gasteiger partial charge in [0.15, 0.2) is 0 Å². The van der Waals surface area contributed by atoms with Crippen LogP contribution in [0.15, 0.2) is 168 Å². The van der Waals surface area contributed by atoms with Gasteiger partial charge < -0.3 is 8.98 Å². The first-order valence-electron chi connectivity index (χ1n) is 17.7. The molecule has 12 rings (SSSR count). The lowest BCUT2D eigenvalue weighted by molar-refractivity contribution is 0.670. The largest absolute Gasteiger partial charge is 0.455 e. The van der Waals surface area contributed by atoms with E-state index in [4.69, 9.17) is 14.4 Å². The van der Waals surface area contributed by atoms with Crippen LogP contribution < -0.4 is 0 Å². The monoisotopic (exact) mass is 661 g/mol. The van der Waals surface area contributed by atoms with Crippen LogP contribution in [0.1, 0.15) is 0 Å². The third kappa shape index (κ3) is 3.70. The van der Waals surface area contributed by atoms with Gasteiger partial charge in [-0.05, 0) is 88.1 Å². The van der Waals surface area contributed by atoms with Gasteiger partial charge in [0.2, 0.25) is 0 Å². The Bertz CT molecular complexity index is 3300. The molecule has 0 aliphatic heterocycles. The van der Waals surface area contributed by atoms with Gasteiger partial charge in [-0.2, -0.15) is 0 Å². The van der Waals surface area contributed by atoms with Gasteiger partial charge in [-0.15, -0.1) is 0 Å². The normalized spacial score (nSPS) is 12.2. The van der Waals surface area contributed by atoms with Crippen molar-refractivity contribution in [3.8, 4) is 50.5 Å². The van der Waals surface area contributed by atoms with Crippen LogP contribution in [0.25, 0.3) is 116 Å². The topological polar surface area (TPSA) is 43.9 Å². The van der Waals surface area contributed by atoms with Gasteiger partial charge in [-0.1, -0.05) is 103 Å². The smallest absolute Gasteiger partial charge is 0.143 e. The zero-order valence-electron chi connectivity index (χ0n) is 27.8. The average molecular weight is 662 g/mol. The fourth-order valence-electron chi connectivity index (χ4n) is 8.73. The molecule has 4 heteroatoms. The zero-order valence-corrected chi connectivity index (χ0v) is 27.8. The molecule has 0 bridgehead atoms. The zero-order chi connectivity index (χ0) is 33.9. The molecule has 0 saturated carbocycles. The summed E-state index contributed by atoms with van der Waals surface area (Å²) in [5, 5.41) is 7.03. The third-order valence-electron chi connectivity index (χ3n) is 10.9. The van der Waals surface area contributed by atoms with E-state index in [1.807, 2.05) is 18.2 Å². The minimum absolute atomic E-state index is 0.858. The van der Waals surface area contributed by atoms with Gasteiger partial charge in [0, 0.05) is 43.9 Å². The van der Waals surface area contributed by atoms with Crippen LogP contribution in [0.5, 0.6) is 0 Å². The number of rotatable bonds is 3. The number of para-hydroxylation sites is 5. The second-order valence-corrected chi connectivity index (χ2v) is 13.7. The summed E-state index contributed by atoms with van der Waals surface area (Å²) >= 11 is 0. The van der Waals surface area contributed by atoms with Crippen LogP contribution in [0.2, 0.25) is 0 Å². The van der Waals surface area contributed by atoms with Crippen molar-refractivity contribution in [1.29, 1.82) is 0 Å². The Hall–Kier alpha value is -7.04. The molecule has 0 fully saturated rings. The lowest BCUT2D eigenvalue weighted by Crippen LogP contribution is -1.97. The average Bonchev–Trinajstić information content (AvgIpc) is 3.86. The molecular formula is C48H27N3O. The quantitative estimate of drug-likeness (QED) is 0.189. The highest BCUT2D eigenvalue weighted by molar-refractivity contribution is 6.24. The van der Waals surface area contributed by atoms with Crippen LogP contribution in [-0.2, 0) is 0 Å². The molecule has 0 amide bonds. The second kappa shape index (κ2) is 10.3. The molecule has 0 unspecified atom stereocenters. The molecule has 8 aromatic carbocycles. The summed E-state index contributed by atoms with van der Waals surface area (Å²) in [6, 6.07) is 58.1. The first kappa shape index (κ1) is 27.7. The number of fused-ring (bicyclic) bond motifs is 11. The highest BCUT2D eigenvalue weighted by Gasteiger charge is 2.28. The van der Waals surface area contributed by atoms with E-state index in [2.05, 4.69) is 150 Å². The van der Waals surface area contributed by atoms with Gasteiger partial charge in [0.05, 0.1) is 33.5 Å². The van der Waals surface area contributed by atoms with Gasteiger partial charge in [0.25, 0.3) is 0 Å². The number of hydrogen-bond acceptors (Lipinski definition) is 3. The van der Waals surface area contributed by atoms with Crippen molar-refractivity contribution in [2.45, 2.75) is 0 Å². The van der Waals surface area contributed by atoms with Crippen molar-refractivity contribution < 1.29 is 4.42 Å². The third-order valence-corrected chi connectivity index (χ3v) is 10.9. The predicted molar refractivity (Wildman–Crippen MR) is 214 cm³/mol. The van der Waals surface area contributed by atoms with Crippen LogP contribution in [0.4, 0.5) is 0 Å². The minimum Gasteiger partial charge on any atom is -0.455 e. The van der Waals surface area contributed by atoms with Gasteiger partial charge in [0.1, 0.15) is 11.2 Å². The van der Waals surface area contributed by atoms with Crippen LogP contribution in [0.3, 0.4) is 0 Å². The molecular weight excluding hydrogens is 635 g/mol.